The Morgan fingerprint density at radius 3 is 2.59 bits per heavy atom. The summed E-state index contributed by atoms with van der Waals surface area (Å²) < 4.78 is 37.7. The summed E-state index contributed by atoms with van der Waals surface area (Å²) in [6.45, 7) is 5.26. The normalized spacial score (nSPS) is 17.8. The van der Waals surface area contributed by atoms with E-state index in [4.69, 9.17) is 0 Å². The highest BCUT2D eigenvalue weighted by atomic mass is 19.4. The van der Waals surface area contributed by atoms with Crippen molar-refractivity contribution in [2.45, 2.75) is 13.1 Å². The molecule has 0 aromatic heterocycles. The van der Waals surface area contributed by atoms with Gasteiger partial charge in [0.1, 0.15) is 0 Å². The highest BCUT2D eigenvalue weighted by molar-refractivity contribution is 5.80. The van der Waals surface area contributed by atoms with Gasteiger partial charge in [-0.05, 0) is 13.0 Å². The van der Waals surface area contributed by atoms with E-state index in [1.807, 2.05) is 0 Å². The van der Waals surface area contributed by atoms with E-state index in [1.165, 1.54) is 17.9 Å². The van der Waals surface area contributed by atoms with Gasteiger partial charge in [-0.2, -0.15) is 13.2 Å². The van der Waals surface area contributed by atoms with E-state index in [9.17, 15) is 18.0 Å². The van der Waals surface area contributed by atoms with Gasteiger partial charge in [-0.1, -0.05) is 18.7 Å². The number of nitrogens with one attached hydrogen (secondary N) is 1. The molecule has 1 aliphatic heterocycles. The molecule has 17 heavy (non-hydrogen) atoms. The molecule has 0 bridgehead atoms. The van der Waals surface area contributed by atoms with Crippen LogP contribution in [0.25, 0.3) is 0 Å². The van der Waals surface area contributed by atoms with E-state index in [1.54, 1.807) is 0 Å². The highest BCUT2D eigenvalue weighted by Gasteiger charge is 2.32. The molecule has 0 radical (unpaired) electrons. The van der Waals surface area contributed by atoms with Crippen LogP contribution in [0.3, 0.4) is 0 Å². The second-order valence-electron chi connectivity index (χ2n) is 3.54. The molecule has 1 amide bonds. The molecule has 1 fully saturated rings. The van der Waals surface area contributed by atoms with Gasteiger partial charge in [0, 0.05) is 5.70 Å². The minimum absolute atomic E-state index is 0.0380. The number of hydrogen-bond acceptors (Lipinski definition) is 2. The van der Waals surface area contributed by atoms with Crippen LogP contribution >= 0.6 is 0 Å². The topological polar surface area (TPSA) is 32.3 Å². The summed E-state index contributed by atoms with van der Waals surface area (Å²) in [6.07, 6.45) is -1.22. The minimum atomic E-state index is -4.42. The summed E-state index contributed by atoms with van der Waals surface area (Å²) in [5.41, 5.74) is -0.627. The van der Waals surface area contributed by atoms with Crippen molar-refractivity contribution in [3.05, 3.63) is 36.1 Å². The molecule has 3 nitrogen and oxygen atoms in total. The van der Waals surface area contributed by atoms with Crippen molar-refractivity contribution in [1.82, 2.24) is 10.2 Å². The molecule has 1 saturated heterocycles. The Morgan fingerprint density at radius 1 is 1.53 bits per heavy atom. The second kappa shape index (κ2) is 5.07. The van der Waals surface area contributed by atoms with Crippen LogP contribution < -0.4 is 5.32 Å². The smallest absolute Gasteiger partial charge is 0.345 e. The van der Waals surface area contributed by atoms with Crippen molar-refractivity contribution in [2.24, 2.45) is 0 Å². The molecule has 1 rings (SSSR count). The average molecular weight is 246 g/mol. The van der Waals surface area contributed by atoms with Crippen LogP contribution in [0.1, 0.15) is 6.92 Å². The van der Waals surface area contributed by atoms with Crippen molar-refractivity contribution in [3.63, 3.8) is 0 Å². The number of carbonyl (C=O) groups is 1. The number of nitrogens with zero attached hydrogens (tertiary/aromatic N) is 1. The minimum Gasteiger partial charge on any atom is -0.345 e. The van der Waals surface area contributed by atoms with Crippen molar-refractivity contribution in [2.75, 3.05) is 13.2 Å². The summed E-state index contributed by atoms with van der Waals surface area (Å²) >= 11 is 0. The maximum atomic E-state index is 12.6. The zero-order valence-corrected chi connectivity index (χ0v) is 9.34. The summed E-state index contributed by atoms with van der Waals surface area (Å²) in [6, 6.07) is 0. The molecule has 0 aromatic rings. The number of carbonyl (C=O) groups excluding carboxylic acids is 1. The van der Waals surface area contributed by atoms with Crippen molar-refractivity contribution in [3.8, 4) is 0 Å². The van der Waals surface area contributed by atoms with Gasteiger partial charge in [0.2, 0.25) is 5.91 Å². The molecule has 1 heterocycles. The fraction of sp³-hybridized carbons (Fsp3) is 0.364. The van der Waals surface area contributed by atoms with Crippen LogP contribution in [0.15, 0.2) is 36.1 Å². The van der Waals surface area contributed by atoms with Crippen LogP contribution in [0.4, 0.5) is 13.2 Å². The molecule has 0 spiro atoms. The van der Waals surface area contributed by atoms with Crippen LogP contribution in [-0.4, -0.2) is 30.2 Å². The second-order valence-corrected chi connectivity index (χ2v) is 3.54. The van der Waals surface area contributed by atoms with Crippen molar-refractivity contribution < 1.29 is 18.0 Å². The van der Waals surface area contributed by atoms with Gasteiger partial charge in [-0.15, -0.1) is 0 Å². The van der Waals surface area contributed by atoms with E-state index in [2.05, 4.69) is 11.9 Å². The molecule has 1 N–H and O–H groups in total. The Balaban J connectivity index is 2.84. The number of amides is 1. The van der Waals surface area contributed by atoms with Gasteiger partial charge in [0.15, 0.2) is 0 Å². The zero-order chi connectivity index (χ0) is 13.1. The molecule has 94 valence electrons. The molecule has 0 saturated carbocycles. The molecule has 1 aliphatic rings. The molecular weight excluding hydrogens is 233 g/mol. The number of allylic oxidation sites excluding steroid dienone is 4. The lowest BCUT2D eigenvalue weighted by Crippen LogP contribution is -2.21. The Hall–Kier alpha value is -1.72. The summed E-state index contributed by atoms with van der Waals surface area (Å²) in [5.74, 6) is -0.223. The fourth-order valence-electron chi connectivity index (χ4n) is 1.35. The Labute approximate surface area is 97.3 Å². The van der Waals surface area contributed by atoms with E-state index < -0.39 is 11.7 Å². The third-order valence-corrected chi connectivity index (χ3v) is 2.20. The molecule has 0 aliphatic carbocycles. The van der Waals surface area contributed by atoms with E-state index in [0.717, 1.165) is 12.2 Å². The standard InChI is InChI=1S/C11H13F3N2O/c1-3-4-9(11(12,13)14)5-8(2)16-6-10(17)15-7-16/h3-5H,2,6-7H2,1H3,(H,15,17)/b4-3-,9-5+. The number of alkyl halides is 3. The largest absolute Gasteiger partial charge is 0.416 e. The SMILES string of the molecule is C=C(/C=C(\C=C/C)C(F)(F)F)N1CNC(=O)C1. The van der Waals surface area contributed by atoms with Gasteiger partial charge in [0.25, 0.3) is 0 Å². The van der Waals surface area contributed by atoms with Gasteiger partial charge in [0.05, 0.1) is 18.8 Å². The first-order valence-corrected chi connectivity index (χ1v) is 4.96. The predicted octanol–water partition coefficient (Wildman–Crippen LogP) is 1.95. The quantitative estimate of drug-likeness (QED) is 0.772. The van der Waals surface area contributed by atoms with Gasteiger partial charge in [-0.3, -0.25) is 4.79 Å². The third kappa shape index (κ3) is 3.65. The molecule has 6 heteroatoms. The zero-order valence-electron chi connectivity index (χ0n) is 9.34. The summed E-state index contributed by atoms with van der Waals surface area (Å²) in [4.78, 5) is 12.4. The number of rotatable bonds is 3. The first-order valence-electron chi connectivity index (χ1n) is 4.96. The number of halogens is 3. The predicted molar refractivity (Wildman–Crippen MR) is 57.8 cm³/mol. The van der Waals surface area contributed by atoms with Crippen LogP contribution in [-0.2, 0) is 4.79 Å². The number of hydrogen-bond donors (Lipinski definition) is 1. The fourth-order valence-corrected chi connectivity index (χ4v) is 1.35. The maximum Gasteiger partial charge on any atom is 0.416 e. The maximum absolute atomic E-state index is 12.6. The lowest BCUT2D eigenvalue weighted by atomic mass is 10.2. The lowest BCUT2D eigenvalue weighted by molar-refractivity contribution is -0.118. The van der Waals surface area contributed by atoms with E-state index in [-0.39, 0.29) is 24.8 Å². The van der Waals surface area contributed by atoms with Gasteiger partial charge < -0.3 is 10.2 Å². The summed E-state index contributed by atoms with van der Waals surface area (Å²) in [7, 11) is 0. The van der Waals surface area contributed by atoms with Gasteiger partial charge >= 0.3 is 6.18 Å². The van der Waals surface area contributed by atoms with Crippen LogP contribution in [0.5, 0.6) is 0 Å². The Kier molecular flexibility index (Phi) is 3.98. The first kappa shape index (κ1) is 13.3. The van der Waals surface area contributed by atoms with Gasteiger partial charge in [-0.25, -0.2) is 0 Å². The van der Waals surface area contributed by atoms with E-state index >= 15 is 0 Å². The average Bonchev–Trinajstić information content (AvgIpc) is 2.62. The monoisotopic (exact) mass is 246 g/mol. The molecule has 0 unspecified atom stereocenters. The van der Waals surface area contributed by atoms with E-state index in [0.29, 0.717) is 0 Å². The van der Waals surface area contributed by atoms with Crippen molar-refractivity contribution in [1.29, 1.82) is 0 Å². The highest BCUT2D eigenvalue weighted by Crippen LogP contribution is 2.28. The summed E-state index contributed by atoms with van der Waals surface area (Å²) in [5, 5.41) is 2.49. The Morgan fingerprint density at radius 2 is 2.18 bits per heavy atom. The first-order chi connectivity index (χ1) is 7.84. The van der Waals surface area contributed by atoms with Crippen LogP contribution in [0, 0.1) is 0 Å². The Bertz CT molecular complexity index is 383. The lowest BCUT2D eigenvalue weighted by Gasteiger charge is -2.17. The molecular formula is C11H13F3N2O. The molecule has 0 atom stereocenters. The third-order valence-electron chi connectivity index (χ3n) is 2.20. The molecule has 0 aromatic carbocycles. The van der Waals surface area contributed by atoms with Crippen LogP contribution in [0.2, 0.25) is 0 Å². The van der Waals surface area contributed by atoms with Crippen molar-refractivity contribution >= 4 is 5.91 Å².